The third kappa shape index (κ3) is 3.65. The summed E-state index contributed by atoms with van der Waals surface area (Å²) in [5.74, 6) is 1.38. The Morgan fingerprint density at radius 2 is 2.00 bits per heavy atom. The predicted octanol–water partition coefficient (Wildman–Crippen LogP) is 5.09. The van der Waals surface area contributed by atoms with Crippen LogP contribution in [0.5, 0.6) is 11.5 Å². The first-order chi connectivity index (χ1) is 14.0. The minimum Gasteiger partial charge on any atom is -0.493 e. The molecule has 1 aromatic carbocycles. The van der Waals surface area contributed by atoms with Gasteiger partial charge >= 0.3 is 0 Å². The van der Waals surface area contributed by atoms with E-state index in [1.165, 1.54) is 11.3 Å². The molecule has 2 aromatic heterocycles. The summed E-state index contributed by atoms with van der Waals surface area (Å²) in [6.45, 7) is 3.43. The number of nitrogens with zero attached hydrogens (tertiary/aromatic N) is 3. The molecule has 3 aromatic rings. The van der Waals surface area contributed by atoms with Gasteiger partial charge in [0.1, 0.15) is 0 Å². The highest BCUT2D eigenvalue weighted by Crippen LogP contribution is 2.42. The van der Waals surface area contributed by atoms with Gasteiger partial charge in [0.05, 0.1) is 41.4 Å². The number of rotatable bonds is 6. The number of methoxy groups -OCH3 is 2. The van der Waals surface area contributed by atoms with Crippen molar-refractivity contribution in [2.75, 3.05) is 19.2 Å². The maximum absolute atomic E-state index is 11.9. The second kappa shape index (κ2) is 7.96. The summed E-state index contributed by atoms with van der Waals surface area (Å²) in [6, 6.07) is 9.97. The molecule has 1 aliphatic heterocycles. The summed E-state index contributed by atoms with van der Waals surface area (Å²) in [4.78, 5) is 18.4. The number of Topliss-reactive ketones (excluding diaryl/α,β-unsaturated/α-hetero) is 1. The molecule has 29 heavy (non-hydrogen) atoms. The molecule has 6 nitrogen and oxygen atoms in total. The molecule has 0 bridgehead atoms. The maximum atomic E-state index is 11.9. The fourth-order valence-electron chi connectivity index (χ4n) is 3.40. The maximum Gasteiger partial charge on any atom is 0.207 e. The van der Waals surface area contributed by atoms with E-state index in [9.17, 15) is 4.79 Å². The number of benzene rings is 1. The molecule has 0 spiro atoms. The Kier molecular flexibility index (Phi) is 5.38. The molecule has 0 fully saturated rings. The Balaban J connectivity index is 1.78. The van der Waals surface area contributed by atoms with Crippen LogP contribution in [0.15, 0.2) is 40.8 Å². The molecule has 0 saturated heterocycles. The largest absolute Gasteiger partial charge is 0.493 e. The molecule has 0 amide bonds. The molecule has 150 valence electrons. The molecule has 0 N–H and O–H groups in total. The molecule has 1 aliphatic rings. The number of carbonyl (C=O) groups is 1. The summed E-state index contributed by atoms with van der Waals surface area (Å²) in [7, 11) is 3.25. The van der Waals surface area contributed by atoms with Crippen molar-refractivity contribution < 1.29 is 14.3 Å². The molecule has 3 heterocycles. The van der Waals surface area contributed by atoms with Gasteiger partial charge in [0.15, 0.2) is 17.3 Å². The molecule has 0 radical (unpaired) electrons. The minimum atomic E-state index is -0.0442. The smallest absolute Gasteiger partial charge is 0.207 e. The van der Waals surface area contributed by atoms with Crippen LogP contribution in [0.25, 0.3) is 0 Å². The van der Waals surface area contributed by atoms with Gasteiger partial charge in [-0.15, -0.1) is 11.3 Å². The minimum absolute atomic E-state index is 0.0237. The summed E-state index contributed by atoms with van der Waals surface area (Å²) in [5.41, 5.74) is 2.80. The Hall–Kier alpha value is -2.71. The average molecular weight is 428 g/mol. The average Bonchev–Trinajstić information content (AvgIpc) is 3.45. The Morgan fingerprint density at radius 3 is 2.62 bits per heavy atom. The zero-order valence-corrected chi connectivity index (χ0v) is 18.3. The van der Waals surface area contributed by atoms with E-state index >= 15 is 0 Å². The van der Waals surface area contributed by atoms with Crippen molar-refractivity contribution in [1.82, 2.24) is 4.98 Å². The van der Waals surface area contributed by atoms with Crippen LogP contribution in [-0.2, 0) is 0 Å². The molecule has 1 atom stereocenters. The number of hydrogen-bond donors (Lipinski definition) is 0. The number of ether oxygens (including phenoxy) is 2. The molecular weight excluding hydrogens is 406 g/mol. The molecule has 0 aliphatic carbocycles. The number of hydrazone groups is 1. The lowest BCUT2D eigenvalue weighted by Gasteiger charge is -2.22. The zero-order valence-electron chi connectivity index (χ0n) is 16.6. The highest BCUT2D eigenvalue weighted by molar-refractivity contribution is 7.17. The van der Waals surface area contributed by atoms with Crippen LogP contribution < -0.4 is 14.5 Å². The van der Waals surface area contributed by atoms with Gasteiger partial charge < -0.3 is 9.47 Å². The molecule has 1 unspecified atom stereocenters. The summed E-state index contributed by atoms with van der Waals surface area (Å²) < 4.78 is 10.9. The first kappa shape index (κ1) is 19.6. The summed E-state index contributed by atoms with van der Waals surface area (Å²) in [6.07, 6.45) is 0.740. The van der Waals surface area contributed by atoms with E-state index in [0.29, 0.717) is 16.4 Å². The fraction of sp³-hybridized carbons (Fsp3) is 0.286. The van der Waals surface area contributed by atoms with Gasteiger partial charge in [-0.3, -0.25) is 4.79 Å². The number of thiazole rings is 1. The molecule has 0 saturated carbocycles. The van der Waals surface area contributed by atoms with Gasteiger partial charge in [-0.1, -0.05) is 23.5 Å². The molecular formula is C21H21N3O3S2. The van der Waals surface area contributed by atoms with Gasteiger partial charge in [0.25, 0.3) is 0 Å². The number of aryl methyl sites for hydroxylation is 1. The van der Waals surface area contributed by atoms with Gasteiger partial charge in [0.2, 0.25) is 5.13 Å². The van der Waals surface area contributed by atoms with E-state index in [0.717, 1.165) is 33.4 Å². The van der Waals surface area contributed by atoms with Crippen LogP contribution in [0.4, 0.5) is 5.13 Å². The van der Waals surface area contributed by atoms with Crippen molar-refractivity contribution in [2.24, 2.45) is 5.10 Å². The summed E-state index contributed by atoms with van der Waals surface area (Å²) >= 11 is 3.05. The highest BCUT2D eigenvalue weighted by atomic mass is 32.1. The van der Waals surface area contributed by atoms with Crippen LogP contribution >= 0.6 is 22.7 Å². The van der Waals surface area contributed by atoms with Crippen molar-refractivity contribution in [3.63, 3.8) is 0 Å². The van der Waals surface area contributed by atoms with E-state index in [1.807, 2.05) is 41.6 Å². The number of ketones is 1. The van der Waals surface area contributed by atoms with Crippen LogP contribution in [0.2, 0.25) is 0 Å². The fourth-order valence-corrected chi connectivity index (χ4v) is 5.09. The quantitative estimate of drug-likeness (QED) is 0.513. The van der Waals surface area contributed by atoms with Crippen molar-refractivity contribution in [2.45, 2.75) is 26.3 Å². The SMILES string of the molecule is COc1ccc(C2CC(c3cccs3)=NN2c2nc(C)c(C(C)=O)s2)cc1OC. The first-order valence-electron chi connectivity index (χ1n) is 9.12. The normalized spacial score (nSPS) is 16.1. The van der Waals surface area contributed by atoms with Crippen molar-refractivity contribution in [3.8, 4) is 11.5 Å². The molecule has 4 rings (SSSR count). The Labute approximate surface area is 177 Å². The molecule has 8 heteroatoms. The monoisotopic (exact) mass is 427 g/mol. The number of carbonyl (C=O) groups excluding carboxylic acids is 1. The zero-order chi connectivity index (χ0) is 20.5. The lowest BCUT2D eigenvalue weighted by molar-refractivity contribution is 0.102. The number of hydrogen-bond acceptors (Lipinski definition) is 8. The van der Waals surface area contributed by atoms with Gasteiger partial charge in [-0.05, 0) is 36.1 Å². The Bertz CT molecular complexity index is 1070. The third-order valence-corrected chi connectivity index (χ3v) is 6.98. The predicted molar refractivity (Wildman–Crippen MR) is 117 cm³/mol. The second-order valence-electron chi connectivity index (χ2n) is 6.67. The number of thiophene rings is 1. The number of anilines is 1. The van der Waals surface area contributed by atoms with E-state index in [2.05, 4.69) is 11.1 Å². The van der Waals surface area contributed by atoms with E-state index in [-0.39, 0.29) is 11.8 Å². The summed E-state index contributed by atoms with van der Waals surface area (Å²) in [5, 5.41) is 9.60. The van der Waals surface area contributed by atoms with E-state index in [1.54, 1.807) is 32.5 Å². The Morgan fingerprint density at radius 1 is 1.21 bits per heavy atom. The standard InChI is InChI=1S/C21H21N3O3S2/c1-12-20(13(2)25)29-21(22-12)24-16(11-15(23-24)19-6-5-9-28-19)14-7-8-17(26-3)18(10-14)27-4/h5-10,16H,11H2,1-4H3. The van der Waals surface area contributed by atoms with Crippen molar-refractivity contribution in [1.29, 1.82) is 0 Å². The lowest BCUT2D eigenvalue weighted by atomic mass is 10.0. The van der Waals surface area contributed by atoms with Gasteiger partial charge in [-0.25, -0.2) is 9.99 Å². The lowest BCUT2D eigenvalue weighted by Crippen LogP contribution is -2.18. The second-order valence-corrected chi connectivity index (χ2v) is 8.60. The van der Waals surface area contributed by atoms with E-state index in [4.69, 9.17) is 14.6 Å². The van der Waals surface area contributed by atoms with Gasteiger partial charge in [0, 0.05) is 13.3 Å². The van der Waals surface area contributed by atoms with Crippen LogP contribution in [0, 0.1) is 6.92 Å². The third-order valence-electron chi connectivity index (χ3n) is 4.81. The van der Waals surface area contributed by atoms with Crippen molar-refractivity contribution >= 4 is 39.3 Å². The first-order valence-corrected chi connectivity index (χ1v) is 10.8. The van der Waals surface area contributed by atoms with Crippen molar-refractivity contribution in [3.05, 3.63) is 56.7 Å². The number of aromatic nitrogens is 1. The van der Waals surface area contributed by atoms with Crippen LogP contribution in [0.3, 0.4) is 0 Å². The van der Waals surface area contributed by atoms with Crippen LogP contribution in [-0.4, -0.2) is 30.7 Å². The van der Waals surface area contributed by atoms with E-state index < -0.39 is 0 Å². The topological polar surface area (TPSA) is 64.0 Å². The van der Waals surface area contributed by atoms with Gasteiger partial charge in [-0.2, -0.15) is 5.10 Å². The van der Waals surface area contributed by atoms with Crippen LogP contribution in [0.1, 0.15) is 45.2 Å². The highest BCUT2D eigenvalue weighted by Gasteiger charge is 2.33.